The van der Waals surface area contributed by atoms with Crippen molar-refractivity contribution in [2.24, 2.45) is 0 Å². The number of rotatable bonds is 7. The highest BCUT2D eigenvalue weighted by Crippen LogP contribution is 2.35. The Kier molecular flexibility index (Phi) is 5.66. The van der Waals surface area contributed by atoms with Crippen LogP contribution in [0, 0.1) is 0 Å². The number of Topliss-reactive ketones (excluding diaryl/α,β-unsaturated/α-hetero) is 1. The Morgan fingerprint density at radius 2 is 1.92 bits per heavy atom. The number of methoxy groups -OCH3 is 1. The second-order valence-electron chi connectivity index (χ2n) is 6.36. The van der Waals surface area contributed by atoms with E-state index in [-0.39, 0.29) is 11.9 Å². The number of carbonyl (C=O) groups excluding carboxylic acids is 1. The molecule has 0 bridgehead atoms. The molecule has 0 radical (unpaired) electrons. The van der Waals surface area contributed by atoms with Gasteiger partial charge in [-0.2, -0.15) is 0 Å². The van der Waals surface area contributed by atoms with Gasteiger partial charge in [0.15, 0.2) is 5.78 Å². The molecule has 1 unspecified atom stereocenters. The minimum absolute atomic E-state index is 0.0554. The van der Waals surface area contributed by atoms with Crippen LogP contribution in [0.2, 0.25) is 0 Å². The number of nitrogens with zero attached hydrogens (tertiary/aromatic N) is 1. The van der Waals surface area contributed by atoms with Crippen molar-refractivity contribution < 1.29 is 19.0 Å². The second kappa shape index (κ2) is 8.13. The van der Waals surface area contributed by atoms with Crippen LogP contribution in [0.5, 0.6) is 17.2 Å². The molecule has 0 spiro atoms. The van der Waals surface area contributed by atoms with Crippen LogP contribution in [0.25, 0.3) is 0 Å². The summed E-state index contributed by atoms with van der Waals surface area (Å²) in [4.78, 5) is 14.0. The third-order valence-corrected chi connectivity index (χ3v) is 4.57. The van der Waals surface area contributed by atoms with E-state index in [1.807, 2.05) is 42.5 Å². The fraction of sp³-hybridized carbons (Fsp3) is 0.381. The molecule has 3 rings (SSSR count). The largest absolute Gasteiger partial charge is 0.497 e. The average molecular weight is 355 g/mol. The fourth-order valence-electron chi connectivity index (χ4n) is 3.01. The SMILES string of the molecule is CCC1CN(CCOc2ccc(OC)cc2)c2cc(C(C)=O)ccc2O1. The van der Waals surface area contributed by atoms with Crippen LogP contribution in [-0.4, -0.2) is 38.7 Å². The van der Waals surface area contributed by atoms with Gasteiger partial charge >= 0.3 is 0 Å². The molecule has 0 fully saturated rings. The lowest BCUT2D eigenvalue weighted by Crippen LogP contribution is -2.41. The first-order valence-corrected chi connectivity index (χ1v) is 8.94. The van der Waals surface area contributed by atoms with Gasteiger partial charge in [-0.25, -0.2) is 0 Å². The van der Waals surface area contributed by atoms with Crippen molar-refractivity contribution in [2.45, 2.75) is 26.4 Å². The molecule has 138 valence electrons. The highest BCUT2D eigenvalue weighted by Gasteiger charge is 2.25. The Morgan fingerprint density at radius 3 is 2.58 bits per heavy atom. The van der Waals surface area contributed by atoms with E-state index in [9.17, 15) is 4.79 Å². The quantitative estimate of drug-likeness (QED) is 0.704. The lowest BCUT2D eigenvalue weighted by molar-refractivity contribution is 0.101. The van der Waals surface area contributed by atoms with Crippen LogP contribution < -0.4 is 19.1 Å². The lowest BCUT2D eigenvalue weighted by atomic mass is 10.1. The maximum atomic E-state index is 11.7. The molecule has 0 N–H and O–H groups in total. The standard InChI is InChI=1S/C21H25NO4/c1-4-17-14-22(11-12-25-19-8-6-18(24-3)7-9-19)20-13-16(15(2)23)5-10-21(20)26-17/h5-10,13,17H,4,11-12,14H2,1-3H3. The van der Waals surface area contributed by atoms with E-state index in [2.05, 4.69) is 11.8 Å². The molecule has 1 aliphatic rings. The molecule has 5 nitrogen and oxygen atoms in total. The highest BCUT2D eigenvalue weighted by atomic mass is 16.5. The Morgan fingerprint density at radius 1 is 1.19 bits per heavy atom. The second-order valence-corrected chi connectivity index (χ2v) is 6.36. The number of ketones is 1. The normalized spacial score (nSPS) is 15.8. The zero-order chi connectivity index (χ0) is 18.5. The van der Waals surface area contributed by atoms with Gasteiger partial charge in [-0.3, -0.25) is 4.79 Å². The number of anilines is 1. The Labute approximate surface area is 154 Å². The molecule has 1 atom stereocenters. The van der Waals surface area contributed by atoms with Gasteiger partial charge in [0.1, 0.15) is 30.0 Å². The van der Waals surface area contributed by atoms with Crippen molar-refractivity contribution in [3.8, 4) is 17.2 Å². The van der Waals surface area contributed by atoms with Gasteiger partial charge in [-0.1, -0.05) is 6.92 Å². The van der Waals surface area contributed by atoms with Gasteiger partial charge in [-0.15, -0.1) is 0 Å². The summed E-state index contributed by atoms with van der Waals surface area (Å²) in [6.07, 6.45) is 1.08. The molecular formula is C21H25NO4. The molecule has 0 aromatic heterocycles. The molecule has 0 amide bonds. The smallest absolute Gasteiger partial charge is 0.159 e. The van der Waals surface area contributed by atoms with Crippen LogP contribution in [-0.2, 0) is 0 Å². The van der Waals surface area contributed by atoms with Crippen molar-refractivity contribution in [1.82, 2.24) is 0 Å². The number of benzene rings is 2. The molecular weight excluding hydrogens is 330 g/mol. The summed E-state index contributed by atoms with van der Waals surface area (Å²) in [6.45, 7) is 5.76. The zero-order valence-corrected chi connectivity index (χ0v) is 15.5. The molecule has 0 saturated carbocycles. The minimum atomic E-state index is 0.0554. The molecule has 26 heavy (non-hydrogen) atoms. The molecule has 2 aromatic rings. The summed E-state index contributed by atoms with van der Waals surface area (Å²) >= 11 is 0. The summed E-state index contributed by atoms with van der Waals surface area (Å²) in [6, 6.07) is 13.2. The van der Waals surface area contributed by atoms with Crippen LogP contribution in [0.1, 0.15) is 30.6 Å². The van der Waals surface area contributed by atoms with Gasteiger partial charge in [0.05, 0.1) is 25.9 Å². The summed E-state index contributed by atoms with van der Waals surface area (Å²) in [5, 5.41) is 0. The number of carbonyl (C=O) groups is 1. The van der Waals surface area contributed by atoms with E-state index in [1.165, 1.54) is 0 Å². The number of hydrogen-bond donors (Lipinski definition) is 0. The van der Waals surface area contributed by atoms with Crippen LogP contribution in [0.15, 0.2) is 42.5 Å². The predicted molar refractivity (Wildman–Crippen MR) is 102 cm³/mol. The van der Waals surface area contributed by atoms with Crippen LogP contribution in [0.4, 0.5) is 5.69 Å². The minimum Gasteiger partial charge on any atom is -0.497 e. The highest BCUT2D eigenvalue weighted by molar-refractivity contribution is 5.95. The van der Waals surface area contributed by atoms with E-state index >= 15 is 0 Å². The van der Waals surface area contributed by atoms with E-state index in [4.69, 9.17) is 14.2 Å². The van der Waals surface area contributed by atoms with Crippen LogP contribution in [0.3, 0.4) is 0 Å². The maximum Gasteiger partial charge on any atom is 0.159 e. The number of ether oxygens (including phenoxy) is 3. The van der Waals surface area contributed by atoms with Crippen LogP contribution >= 0.6 is 0 Å². The van der Waals surface area contributed by atoms with Crippen molar-refractivity contribution in [1.29, 1.82) is 0 Å². The van der Waals surface area contributed by atoms with Crippen molar-refractivity contribution in [3.63, 3.8) is 0 Å². The predicted octanol–water partition coefficient (Wildman–Crippen LogP) is 3.95. The first-order chi connectivity index (χ1) is 12.6. The maximum absolute atomic E-state index is 11.7. The first kappa shape index (κ1) is 18.1. The van der Waals surface area contributed by atoms with Gasteiger partial charge < -0.3 is 19.1 Å². The van der Waals surface area contributed by atoms with Gasteiger partial charge in [0, 0.05) is 5.56 Å². The van der Waals surface area contributed by atoms with E-state index in [0.29, 0.717) is 12.2 Å². The summed E-state index contributed by atoms with van der Waals surface area (Å²) in [5.74, 6) is 2.50. The average Bonchev–Trinajstić information content (AvgIpc) is 2.67. The molecule has 2 aromatic carbocycles. The van der Waals surface area contributed by atoms with Gasteiger partial charge in [-0.05, 0) is 55.8 Å². The molecule has 5 heteroatoms. The third-order valence-electron chi connectivity index (χ3n) is 4.57. The summed E-state index contributed by atoms with van der Waals surface area (Å²) in [7, 11) is 1.64. The topological polar surface area (TPSA) is 48.0 Å². The van der Waals surface area contributed by atoms with Gasteiger partial charge in [0.25, 0.3) is 0 Å². The zero-order valence-electron chi connectivity index (χ0n) is 15.5. The van der Waals surface area contributed by atoms with Gasteiger partial charge in [0.2, 0.25) is 0 Å². The van der Waals surface area contributed by atoms with Crippen molar-refractivity contribution in [2.75, 3.05) is 31.7 Å². The number of hydrogen-bond acceptors (Lipinski definition) is 5. The monoisotopic (exact) mass is 355 g/mol. The first-order valence-electron chi connectivity index (χ1n) is 8.94. The summed E-state index contributed by atoms with van der Waals surface area (Å²) < 4.78 is 17.1. The third kappa shape index (κ3) is 4.10. The van der Waals surface area contributed by atoms with E-state index in [1.54, 1.807) is 14.0 Å². The molecule has 1 aliphatic heterocycles. The van der Waals surface area contributed by atoms with E-state index < -0.39 is 0 Å². The van der Waals surface area contributed by atoms with Crippen molar-refractivity contribution in [3.05, 3.63) is 48.0 Å². The molecule has 1 heterocycles. The molecule has 0 aliphatic carbocycles. The number of fused-ring (bicyclic) bond motifs is 1. The van der Waals surface area contributed by atoms with E-state index in [0.717, 1.165) is 42.4 Å². The lowest BCUT2D eigenvalue weighted by Gasteiger charge is -2.36. The Bertz CT molecular complexity index is 757. The van der Waals surface area contributed by atoms with Crippen molar-refractivity contribution >= 4 is 11.5 Å². The Hall–Kier alpha value is -2.69. The Balaban J connectivity index is 1.69. The summed E-state index contributed by atoms with van der Waals surface area (Å²) in [5.41, 5.74) is 1.66. The molecule has 0 saturated heterocycles. The fourth-order valence-corrected chi connectivity index (χ4v) is 3.01.